The molecule has 0 unspecified atom stereocenters. The Hall–Kier alpha value is -2.03. The molecule has 6 nitrogen and oxygen atoms in total. The number of carbonyl (C=O) groups excluding carboxylic acids is 1. The summed E-state index contributed by atoms with van der Waals surface area (Å²) in [6.07, 6.45) is -4.53. The predicted octanol–water partition coefficient (Wildman–Crippen LogP) is 0.710. The zero-order valence-electron chi connectivity index (χ0n) is 10.7. The van der Waals surface area contributed by atoms with E-state index in [0.29, 0.717) is 4.57 Å². The molecule has 1 aromatic heterocycles. The number of aromatic nitrogens is 1. The van der Waals surface area contributed by atoms with Gasteiger partial charge in [0.05, 0.1) is 6.10 Å². The summed E-state index contributed by atoms with van der Waals surface area (Å²) in [5, 5.41) is 18.5. The highest BCUT2D eigenvalue weighted by Gasteiger charge is 2.40. The van der Waals surface area contributed by atoms with Gasteiger partial charge in [0.25, 0.3) is 5.91 Å². The maximum absolute atomic E-state index is 12.4. The Labute approximate surface area is 117 Å². The van der Waals surface area contributed by atoms with Crippen molar-refractivity contribution in [2.45, 2.75) is 31.3 Å². The van der Waals surface area contributed by atoms with Gasteiger partial charge in [0.15, 0.2) is 0 Å². The highest BCUT2D eigenvalue weighted by atomic mass is 19.4. The highest BCUT2D eigenvalue weighted by Crippen LogP contribution is 2.23. The maximum atomic E-state index is 12.4. The number of aliphatic hydroxyl groups excluding tert-OH is 1. The molecule has 1 aliphatic heterocycles. The minimum Gasteiger partial charge on any atom is -0.480 e. The maximum Gasteiger partial charge on any atom is 0.406 e. The van der Waals surface area contributed by atoms with E-state index in [4.69, 9.17) is 5.11 Å². The molecule has 1 fully saturated rings. The summed E-state index contributed by atoms with van der Waals surface area (Å²) < 4.78 is 38.0. The number of carboxylic acids is 1. The number of aliphatic carboxylic acids is 1. The van der Waals surface area contributed by atoms with E-state index in [0.717, 1.165) is 11.1 Å². The van der Waals surface area contributed by atoms with Gasteiger partial charge in [-0.3, -0.25) is 4.79 Å². The second kappa shape index (κ2) is 5.40. The normalized spacial score (nSPS) is 22.6. The average molecular weight is 306 g/mol. The lowest BCUT2D eigenvalue weighted by atomic mass is 10.2. The molecule has 2 rings (SSSR count). The fourth-order valence-electron chi connectivity index (χ4n) is 2.36. The van der Waals surface area contributed by atoms with Gasteiger partial charge in [0, 0.05) is 19.2 Å². The minimum absolute atomic E-state index is 0.138. The van der Waals surface area contributed by atoms with Gasteiger partial charge < -0.3 is 19.7 Å². The number of likely N-dealkylation sites (tertiary alicyclic amines) is 1. The standard InChI is InChI=1S/C12H13F3N2O4/c13-12(14,15)6-16-3-1-2-8(16)10(19)17-5-7(18)4-9(17)11(20)21/h1-3,7,9,18H,4-6H2,(H,20,21)/t7-,9+/m1/s1. The zero-order valence-corrected chi connectivity index (χ0v) is 10.7. The molecule has 21 heavy (non-hydrogen) atoms. The van der Waals surface area contributed by atoms with E-state index in [9.17, 15) is 27.9 Å². The molecule has 2 heterocycles. The first-order valence-electron chi connectivity index (χ1n) is 6.13. The van der Waals surface area contributed by atoms with Crippen LogP contribution in [0.2, 0.25) is 0 Å². The van der Waals surface area contributed by atoms with Crippen molar-refractivity contribution in [3.05, 3.63) is 24.0 Å². The third kappa shape index (κ3) is 3.35. The lowest BCUT2D eigenvalue weighted by molar-refractivity contribution is -0.142. The van der Waals surface area contributed by atoms with Crippen molar-refractivity contribution in [1.82, 2.24) is 9.47 Å². The van der Waals surface area contributed by atoms with Gasteiger partial charge in [-0.05, 0) is 12.1 Å². The van der Waals surface area contributed by atoms with Crippen LogP contribution in [0.3, 0.4) is 0 Å². The third-order valence-corrected chi connectivity index (χ3v) is 3.22. The molecule has 0 aromatic carbocycles. The van der Waals surface area contributed by atoms with Gasteiger partial charge in [-0.1, -0.05) is 0 Å². The van der Waals surface area contributed by atoms with Crippen LogP contribution < -0.4 is 0 Å². The minimum atomic E-state index is -4.50. The summed E-state index contributed by atoms with van der Waals surface area (Å²) in [6.45, 7) is -1.55. The largest absolute Gasteiger partial charge is 0.480 e. The second-order valence-corrected chi connectivity index (χ2v) is 4.84. The molecule has 0 radical (unpaired) electrons. The summed E-state index contributed by atoms with van der Waals surface area (Å²) >= 11 is 0. The molecule has 0 bridgehead atoms. The fourth-order valence-corrected chi connectivity index (χ4v) is 2.36. The van der Waals surface area contributed by atoms with E-state index in [1.165, 1.54) is 12.1 Å². The van der Waals surface area contributed by atoms with E-state index < -0.39 is 36.7 Å². The fraction of sp³-hybridized carbons (Fsp3) is 0.500. The summed E-state index contributed by atoms with van der Waals surface area (Å²) in [6, 6.07) is 1.24. The third-order valence-electron chi connectivity index (χ3n) is 3.22. The molecule has 1 aliphatic rings. The molecule has 1 saturated heterocycles. The first kappa shape index (κ1) is 15.4. The van der Waals surface area contributed by atoms with E-state index >= 15 is 0 Å². The number of alkyl halides is 3. The quantitative estimate of drug-likeness (QED) is 0.861. The Balaban J connectivity index is 2.24. The second-order valence-electron chi connectivity index (χ2n) is 4.84. The van der Waals surface area contributed by atoms with Crippen LogP contribution in [0, 0.1) is 0 Å². The van der Waals surface area contributed by atoms with Crippen LogP contribution >= 0.6 is 0 Å². The number of nitrogens with zero attached hydrogens (tertiary/aromatic N) is 2. The molecule has 9 heteroatoms. The van der Waals surface area contributed by atoms with Gasteiger partial charge in [0.1, 0.15) is 18.3 Å². The van der Waals surface area contributed by atoms with Crippen molar-refractivity contribution >= 4 is 11.9 Å². The molecule has 116 valence electrons. The number of carbonyl (C=O) groups is 2. The number of β-amino-alcohol motifs (C(OH)–C–C–N with tert-alkyl or cyclic N) is 1. The van der Waals surface area contributed by atoms with Crippen molar-refractivity contribution < 1.29 is 33.0 Å². The van der Waals surface area contributed by atoms with E-state index in [1.54, 1.807) is 0 Å². The van der Waals surface area contributed by atoms with Gasteiger partial charge >= 0.3 is 12.1 Å². The van der Waals surface area contributed by atoms with Crippen molar-refractivity contribution in [2.24, 2.45) is 0 Å². The average Bonchev–Trinajstić information content (AvgIpc) is 2.92. The van der Waals surface area contributed by atoms with Gasteiger partial charge in [-0.15, -0.1) is 0 Å². The smallest absolute Gasteiger partial charge is 0.406 e. The molecule has 0 spiro atoms. The molecular weight excluding hydrogens is 293 g/mol. The molecule has 1 aromatic rings. The molecule has 0 aliphatic carbocycles. The number of aliphatic hydroxyl groups is 1. The number of carboxylic acid groups (broad SMARTS) is 1. The van der Waals surface area contributed by atoms with E-state index in [2.05, 4.69) is 0 Å². The number of hydrogen-bond acceptors (Lipinski definition) is 3. The Morgan fingerprint density at radius 2 is 2.05 bits per heavy atom. The van der Waals surface area contributed by atoms with Crippen molar-refractivity contribution in [3.8, 4) is 0 Å². The van der Waals surface area contributed by atoms with Crippen molar-refractivity contribution in [3.63, 3.8) is 0 Å². The zero-order chi connectivity index (χ0) is 15.8. The van der Waals surface area contributed by atoms with Crippen LogP contribution in [0.4, 0.5) is 13.2 Å². The van der Waals surface area contributed by atoms with E-state index in [1.807, 2.05) is 0 Å². The summed E-state index contributed by atoms with van der Waals surface area (Å²) in [4.78, 5) is 24.2. The van der Waals surface area contributed by atoms with Crippen molar-refractivity contribution in [1.29, 1.82) is 0 Å². The van der Waals surface area contributed by atoms with Crippen LogP contribution in [-0.2, 0) is 11.3 Å². The Bertz CT molecular complexity index is 555. The van der Waals surface area contributed by atoms with Crippen LogP contribution in [0.5, 0.6) is 0 Å². The molecule has 1 amide bonds. The predicted molar refractivity (Wildman–Crippen MR) is 63.6 cm³/mol. The molecule has 2 atom stereocenters. The number of amides is 1. The molecule has 0 saturated carbocycles. The SMILES string of the molecule is O=C(O)[C@@H]1C[C@@H](O)CN1C(=O)c1cccn1CC(F)(F)F. The lowest BCUT2D eigenvalue weighted by Crippen LogP contribution is -2.41. The van der Waals surface area contributed by atoms with Crippen molar-refractivity contribution in [2.75, 3.05) is 6.54 Å². The molecular formula is C12H13F3N2O4. The molecule has 2 N–H and O–H groups in total. The topological polar surface area (TPSA) is 82.8 Å². The Morgan fingerprint density at radius 3 is 2.62 bits per heavy atom. The highest BCUT2D eigenvalue weighted by molar-refractivity contribution is 5.95. The van der Waals surface area contributed by atoms with E-state index in [-0.39, 0.29) is 18.7 Å². The first-order valence-corrected chi connectivity index (χ1v) is 6.13. The summed E-state index contributed by atoms with van der Waals surface area (Å²) in [7, 11) is 0. The van der Waals surface area contributed by atoms with Crippen LogP contribution in [0.15, 0.2) is 18.3 Å². The Morgan fingerprint density at radius 1 is 1.38 bits per heavy atom. The van der Waals surface area contributed by atoms with Gasteiger partial charge in [-0.25, -0.2) is 4.79 Å². The first-order chi connectivity index (χ1) is 9.69. The summed E-state index contributed by atoms with van der Waals surface area (Å²) in [5.74, 6) is -2.14. The number of hydrogen-bond donors (Lipinski definition) is 2. The number of rotatable bonds is 3. The van der Waals surface area contributed by atoms with Crippen LogP contribution in [-0.4, -0.2) is 56.4 Å². The Kier molecular flexibility index (Phi) is 3.95. The summed E-state index contributed by atoms with van der Waals surface area (Å²) in [5.41, 5.74) is -0.257. The van der Waals surface area contributed by atoms with Crippen LogP contribution in [0.25, 0.3) is 0 Å². The van der Waals surface area contributed by atoms with Crippen LogP contribution in [0.1, 0.15) is 16.9 Å². The monoisotopic (exact) mass is 306 g/mol. The van der Waals surface area contributed by atoms with Gasteiger partial charge in [-0.2, -0.15) is 13.2 Å². The lowest BCUT2D eigenvalue weighted by Gasteiger charge is -2.22. The number of halogens is 3. The van der Waals surface area contributed by atoms with Gasteiger partial charge in [0.2, 0.25) is 0 Å².